The normalized spacial score (nSPS) is 11.9. The standard InChI is InChI=1S/C21H27NO2/c1-6-19(18-11-10-14(2)12-16(18)4)22-21(23)13-24-20-9-7-8-15(3)17(20)5/h7-12,19H,6,13H2,1-5H3,(H,22,23). The minimum atomic E-state index is -0.0947. The molecule has 2 aromatic carbocycles. The number of hydrogen-bond donors (Lipinski definition) is 1. The fraction of sp³-hybridized carbons (Fsp3) is 0.381. The number of rotatable bonds is 6. The van der Waals surface area contributed by atoms with Crippen molar-refractivity contribution < 1.29 is 9.53 Å². The van der Waals surface area contributed by atoms with Crippen molar-refractivity contribution in [3.05, 3.63) is 64.2 Å². The van der Waals surface area contributed by atoms with Crippen LogP contribution in [0.3, 0.4) is 0 Å². The molecule has 0 heterocycles. The Balaban J connectivity index is 2.00. The van der Waals surface area contributed by atoms with E-state index in [1.54, 1.807) is 0 Å². The first kappa shape index (κ1) is 18.1. The zero-order chi connectivity index (χ0) is 17.7. The molecule has 0 fully saturated rings. The summed E-state index contributed by atoms with van der Waals surface area (Å²) < 4.78 is 5.70. The van der Waals surface area contributed by atoms with Crippen molar-refractivity contribution in [3.8, 4) is 5.75 Å². The van der Waals surface area contributed by atoms with Crippen LogP contribution in [-0.2, 0) is 4.79 Å². The molecular formula is C21H27NO2. The van der Waals surface area contributed by atoms with E-state index in [0.717, 1.165) is 23.3 Å². The smallest absolute Gasteiger partial charge is 0.258 e. The first-order chi connectivity index (χ1) is 11.4. The summed E-state index contributed by atoms with van der Waals surface area (Å²) in [5.74, 6) is 0.674. The number of nitrogens with one attached hydrogen (secondary N) is 1. The summed E-state index contributed by atoms with van der Waals surface area (Å²) in [5, 5.41) is 3.08. The fourth-order valence-corrected chi connectivity index (χ4v) is 2.88. The molecule has 2 aromatic rings. The summed E-state index contributed by atoms with van der Waals surface area (Å²) in [7, 11) is 0. The average molecular weight is 325 g/mol. The third-order valence-electron chi connectivity index (χ3n) is 4.46. The highest BCUT2D eigenvalue weighted by molar-refractivity contribution is 5.78. The van der Waals surface area contributed by atoms with Crippen LogP contribution in [0.15, 0.2) is 36.4 Å². The molecule has 0 aliphatic heterocycles. The maximum atomic E-state index is 12.3. The van der Waals surface area contributed by atoms with Crippen LogP contribution < -0.4 is 10.1 Å². The van der Waals surface area contributed by atoms with E-state index < -0.39 is 0 Å². The number of carbonyl (C=O) groups excluding carboxylic acids is 1. The van der Waals surface area contributed by atoms with Crippen LogP contribution in [0.1, 0.15) is 47.2 Å². The monoisotopic (exact) mass is 325 g/mol. The van der Waals surface area contributed by atoms with E-state index in [-0.39, 0.29) is 18.6 Å². The Kier molecular flexibility index (Phi) is 6.02. The Morgan fingerprint density at radius 3 is 2.50 bits per heavy atom. The van der Waals surface area contributed by atoms with Gasteiger partial charge in [0.15, 0.2) is 6.61 Å². The van der Waals surface area contributed by atoms with Crippen LogP contribution in [0.25, 0.3) is 0 Å². The lowest BCUT2D eigenvalue weighted by Crippen LogP contribution is -2.32. The van der Waals surface area contributed by atoms with E-state index in [2.05, 4.69) is 44.3 Å². The zero-order valence-corrected chi connectivity index (χ0v) is 15.3. The van der Waals surface area contributed by atoms with Gasteiger partial charge in [0.25, 0.3) is 5.91 Å². The zero-order valence-electron chi connectivity index (χ0n) is 15.3. The number of benzene rings is 2. The molecule has 0 spiro atoms. The van der Waals surface area contributed by atoms with E-state index >= 15 is 0 Å². The Labute approximate surface area is 145 Å². The summed E-state index contributed by atoms with van der Waals surface area (Å²) in [6, 6.07) is 12.2. The molecule has 0 aliphatic carbocycles. The van der Waals surface area contributed by atoms with Crippen molar-refractivity contribution in [2.24, 2.45) is 0 Å². The lowest BCUT2D eigenvalue weighted by molar-refractivity contribution is -0.123. The number of carbonyl (C=O) groups is 1. The van der Waals surface area contributed by atoms with Crippen LogP contribution >= 0.6 is 0 Å². The molecule has 24 heavy (non-hydrogen) atoms. The second-order valence-corrected chi connectivity index (χ2v) is 6.38. The molecule has 1 N–H and O–H groups in total. The van der Waals surface area contributed by atoms with Crippen LogP contribution in [0.4, 0.5) is 0 Å². The summed E-state index contributed by atoms with van der Waals surface area (Å²) in [6.45, 7) is 10.3. The molecule has 1 amide bonds. The van der Waals surface area contributed by atoms with Crippen molar-refractivity contribution in [2.75, 3.05) is 6.61 Å². The highest BCUT2D eigenvalue weighted by Crippen LogP contribution is 2.22. The maximum Gasteiger partial charge on any atom is 0.258 e. The first-order valence-electron chi connectivity index (χ1n) is 8.48. The summed E-state index contributed by atoms with van der Waals surface area (Å²) in [4.78, 5) is 12.3. The SMILES string of the molecule is CCC(NC(=O)COc1cccc(C)c1C)c1ccc(C)cc1C. The van der Waals surface area contributed by atoms with Crippen LogP contribution in [0.5, 0.6) is 5.75 Å². The summed E-state index contributed by atoms with van der Waals surface area (Å²) >= 11 is 0. The van der Waals surface area contributed by atoms with Crippen molar-refractivity contribution in [2.45, 2.75) is 47.1 Å². The van der Waals surface area contributed by atoms with Gasteiger partial charge in [0, 0.05) is 0 Å². The van der Waals surface area contributed by atoms with E-state index in [4.69, 9.17) is 4.74 Å². The Morgan fingerprint density at radius 2 is 1.83 bits per heavy atom. The predicted molar refractivity (Wildman–Crippen MR) is 98.5 cm³/mol. The van der Waals surface area contributed by atoms with Crippen molar-refractivity contribution in [1.82, 2.24) is 5.32 Å². The van der Waals surface area contributed by atoms with Gasteiger partial charge in [-0.15, -0.1) is 0 Å². The van der Waals surface area contributed by atoms with E-state index in [0.29, 0.717) is 0 Å². The molecule has 0 radical (unpaired) electrons. The molecule has 0 saturated heterocycles. The van der Waals surface area contributed by atoms with Crippen molar-refractivity contribution in [1.29, 1.82) is 0 Å². The predicted octanol–water partition coefficient (Wildman–Crippen LogP) is 4.57. The van der Waals surface area contributed by atoms with E-state index in [9.17, 15) is 4.79 Å². The lowest BCUT2D eigenvalue weighted by Gasteiger charge is -2.20. The molecule has 0 bridgehead atoms. The van der Waals surface area contributed by atoms with Crippen molar-refractivity contribution >= 4 is 5.91 Å². The highest BCUT2D eigenvalue weighted by atomic mass is 16.5. The second-order valence-electron chi connectivity index (χ2n) is 6.38. The lowest BCUT2D eigenvalue weighted by atomic mass is 9.97. The van der Waals surface area contributed by atoms with Gasteiger partial charge in [0.05, 0.1) is 6.04 Å². The molecule has 1 unspecified atom stereocenters. The molecule has 2 rings (SSSR count). The van der Waals surface area contributed by atoms with Gasteiger partial charge in [-0.05, 0) is 62.4 Å². The molecular weight excluding hydrogens is 298 g/mol. The van der Waals surface area contributed by atoms with E-state index in [1.165, 1.54) is 16.7 Å². The van der Waals surface area contributed by atoms with Gasteiger partial charge in [-0.2, -0.15) is 0 Å². The van der Waals surface area contributed by atoms with Crippen LogP contribution in [0, 0.1) is 27.7 Å². The van der Waals surface area contributed by atoms with Gasteiger partial charge in [0.2, 0.25) is 0 Å². The van der Waals surface area contributed by atoms with Crippen LogP contribution in [0.2, 0.25) is 0 Å². The minimum Gasteiger partial charge on any atom is -0.483 e. The molecule has 0 aliphatic rings. The minimum absolute atomic E-state index is 0.0142. The first-order valence-corrected chi connectivity index (χ1v) is 8.48. The third-order valence-corrected chi connectivity index (χ3v) is 4.46. The summed E-state index contributed by atoms with van der Waals surface area (Å²) in [5.41, 5.74) is 5.85. The molecule has 128 valence electrons. The summed E-state index contributed by atoms with van der Waals surface area (Å²) in [6.07, 6.45) is 0.846. The third kappa shape index (κ3) is 4.38. The van der Waals surface area contributed by atoms with Gasteiger partial charge in [-0.25, -0.2) is 0 Å². The van der Waals surface area contributed by atoms with Gasteiger partial charge < -0.3 is 10.1 Å². The molecule has 1 atom stereocenters. The average Bonchev–Trinajstić information content (AvgIpc) is 2.54. The number of hydrogen-bond acceptors (Lipinski definition) is 2. The molecule has 0 saturated carbocycles. The van der Waals surface area contributed by atoms with Crippen molar-refractivity contribution in [3.63, 3.8) is 0 Å². The van der Waals surface area contributed by atoms with Gasteiger partial charge in [-0.1, -0.05) is 42.8 Å². The van der Waals surface area contributed by atoms with E-state index in [1.807, 2.05) is 32.0 Å². The Morgan fingerprint density at radius 1 is 1.08 bits per heavy atom. The molecule has 3 nitrogen and oxygen atoms in total. The number of ether oxygens (including phenoxy) is 1. The Bertz CT molecular complexity index is 722. The topological polar surface area (TPSA) is 38.3 Å². The van der Waals surface area contributed by atoms with Gasteiger partial charge >= 0.3 is 0 Å². The van der Waals surface area contributed by atoms with Crippen LogP contribution in [-0.4, -0.2) is 12.5 Å². The highest BCUT2D eigenvalue weighted by Gasteiger charge is 2.15. The Hall–Kier alpha value is -2.29. The fourth-order valence-electron chi connectivity index (χ4n) is 2.88. The second kappa shape index (κ2) is 8.00. The molecule has 0 aromatic heterocycles. The molecule has 3 heteroatoms. The number of aryl methyl sites for hydroxylation is 3. The number of amides is 1. The quantitative estimate of drug-likeness (QED) is 0.845. The largest absolute Gasteiger partial charge is 0.483 e. The maximum absolute atomic E-state index is 12.3. The van der Waals surface area contributed by atoms with Gasteiger partial charge in [0.1, 0.15) is 5.75 Å². The van der Waals surface area contributed by atoms with Gasteiger partial charge in [-0.3, -0.25) is 4.79 Å².